The van der Waals surface area contributed by atoms with Crippen LogP contribution in [0.15, 0.2) is 12.3 Å². The summed E-state index contributed by atoms with van der Waals surface area (Å²) >= 11 is 0. The van der Waals surface area contributed by atoms with Crippen molar-refractivity contribution in [2.75, 3.05) is 0 Å². The van der Waals surface area contributed by atoms with E-state index >= 15 is 0 Å². The molecule has 0 spiro atoms. The van der Waals surface area contributed by atoms with Gasteiger partial charge in [-0.2, -0.15) is 0 Å². The Morgan fingerprint density at radius 2 is 2.20 bits per heavy atom. The van der Waals surface area contributed by atoms with Crippen LogP contribution >= 0.6 is 0 Å². The number of carbonyl (C=O) groups is 1. The zero-order valence-electron chi connectivity index (χ0n) is 9.06. The van der Waals surface area contributed by atoms with Crippen molar-refractivity contribution in [3.8, 4) is 0 Å². The predicted octanol–water partition coefficient (Wildman–Crippen LogP) is 0.450. The van der Waals surface area contributed by atoms with E-state index in [1.165, 1.54) is 12.3 Å². The highest BCUT2D eigenvalue weighted by Crippen LogP contribution is 2.24. The zero-order valence-corrected chi connectivity index (χ0v) is 9.06. The largest absolute Gasteiger partial charge is 0.390 e. The van der Waals surface area contributed by atoms with E-state index in [2.05, 4.69) is 9.97 Å². The summed E-state index contributed by atoms with van der Waals surface area (Å²) in [7, 11) is 0. The van der Waals surface area contributed by atoms with Gasteiger partial charge in [-0.25, -0.2) is 9.97 Å². The van der Waals surface area contributed by atoms with E-state index in [0.717, 1.165) is 0 Å². The van der Waals surface area contributed by atoms with Gasteiger partial charge in [0, 0.05) is 12.1 Å². The molecule has 0 unspecified atom stereocenters. The van der Waals surface area contributed by atoms with E-state index in [0.29, 0.717) is 5.82 Å². The first-order valence-corrected chi connectivity index (χ1v) is 4.67. The number of hydrogen-bond donors (Lipinski definition) is 2. The standard InChI is InChI=1S/C10H15N3O2/c1-6(10(2,3)15)9-12-5-4-7(13-9)8(11)14/h4-6,15H,1-3H3,(H2,11,14)/t6-/m1/s1. The lowest BCUT2D eigenvalue weighted by Crippen LogP contribution is -2.28. The van der Waals surface area contributed by atoms with Gasteiger partial charge in [-0.05, 0) is 19.9 Å². The first-order chi connectivity index (χ1) is 6.82. The SMILES string of the molecule is C[C@H](c1nccc(C(N)=O)n1)C(C)(C)O. The van der Waals surface area contributed by atoms with E-state index in [9.17, 15) is 9.90 Å². The maximum atomic E-state index is 10.9. The Bertz CT molecular complexity index is 371. The van der Waals surface area contributed by atoms with E-state index in [-0.39, 0.29) is 11.6 Å². The molecule has 0 radical (unpaired) electrons. The van der Waals surface area contributed by atoms with Gasteiger partial charge in [0.2, 0.25) is 0 Å². The fraction of sp³-hybridized carbons (Fsp3) is 0.500. The Labute approximate surface area is 88.4 Å². The average molecular weight is 209 g/mol. The molecule has 15 heavy (non-hydrogen) atoms. The number of nitrogens with two attached hydrogens (primary N) is 1. The van der Waals surface area contributed by atoms with Crippen molar-refractivity contribution in [3.05, 3.63) is 23.8 Å². The van der Waals surface area contributed by atoms with Crippen LogP contribution in [0.2, 0.25) is 0 Å². The Balaban J connectivity index is 3.06. The molecular formula is C10H15N3O2. The van der Waals surface area contributed by atoms with Crippen LogP contribution in [0.25, 0.3) is 0 Å². The van der Waals surface area contributed by atoms with Gasteiger partial charge in [-0.15, -0.1) is 0 Å². The maximum Gasteiger partial charge on any atom is 0.267 e. The Hall–Kier alpha value is -1.49. The molecule has 1 atom stereocenters. The summed E-state index contributed by atoms with van der Waals surface area (Å²) in [6.07, 6.45) is 1.46. The van der Waals surface area contributed by atoms with Crippen molar-refractivity contribution in [3.63, 3.8) is 0 Å². The molecule has 1 aromatic heterocycles. The van der Waals surface area contributed by atoms with Crippen molar-refractivity contribution in [2.45, 2.75) is 32.3 Å². The van der Waals surface area contributed by atoms with Gasteiger partial charge in [0.25, 0.3) is 5.91 Å². The van der Waals surface area contributed by atoms with Crippen LogP contribution in [0.4, 0.5) is 0 Å². The third-order valence-electron chi connectivity index (χ3n) is 2.37. The monoisotopic (exact) mass is 209 g/mol. The number of carbonyl (C=O) groups excluding carboxylic acids is 1. The predicted molar refractivity (Wildman–Crippen MR) is 55.3 cm³/mol. The van der Waals surface area contributed by atoms with Gasteiger partial charge in [-0.3, -0.25) is 4.79 Å². The highest BCUT2D eigenvalue weighted by atomic mass is 16.3. The fourth-order valence-corrected chi connectivity index (χ4v) is 1.04. The number of hydrogen-bond acceptors (Lipinski definition) is 4. The highest BCUT2D eigenvalue weighted by Gasteiger charge is 2.26. The molecule has 5 nitrogen and oxygen atoms in total. The Morgan fingerprint density at radius 3 is 2.67 bits per heavy atom. The molecule has 82 valence electrons. The summed E-state index contributed by atoms with van der Waals surface area (Å²) in [5, 5.41) is 9.77. The molecule has 0 aliphatic carbocycles. The molecule has 0 aromatic carbocycles. The first kappa shape index (κ1) is 11.6. The molecule has 1 amide bonds. The molecule has 1 heterocycles. The quantitative estimate of drug-likeness (QED) is 0.756. The van der Waals surface area contributed by atoms with Gasteiger partial charge in [0.1, 0.15) is 11.5 Å². The number of primary amides is 1. The molecule has 0 aliphatic rings. The van der Waals surface area contributed by atoms with Crippen LogP contribution in [-0.4, -0.2) is 26.6 Å². The van der Waals surface area contributed by atoms with Gasteiger partial charge < -0.3 is 10.8 Å². The summed E-state index contributed by atoms with van der Waals surface area (Å²) < 4.78 is 0. The number of rotatable bonds is 3. The Morgan fingerprint density at radius 1 is 1.60 bits per heavy atom. The summed E-state index contributed by atoms with van der Waals surface area (Å²) in [6.45, 7) is 5.12. The van der Waals surface area contributed by atoms with Crippen molar-refractivity contribution in [1.29, 1.82) is 0 Å². The van der Waals surface area contributed by atoms with Crippen molar-refractivity contribution in [2.24, 2.45) is 5.73 Å². The lowest BCUT2D eigenvalue weighted by molar-refractivity contribution is 0.0529. The number of amides is 1. The van der Waals surface area contributed by atoms with Gasteiger partial charge in [-0.1, -0.05) is 6.92 Å². The number of aromatic nitrogens is 2. The summed E-state index contributed by atoms with van der Waals surface area (Å²) in [6, 6.07) is 1.45. The van der Waals surface area contributed by atoms with Gasteiger partial charge in [0.05, 0.1) is 5.60 Å². The molecule has 1 aromatic rings. The highest BCUT2D eigenvalue weighted by molar-refractivity contribution is 5.90. The van der Waals surface area contributed by atoms with E-state index in [1.54, 1.807) is 20.8 Å². The van der Waals surface area contributed by atoms with Crippen LogP contribution in [0.1, 0.15) is 43.0 Å². The lowest BCUT2D eigenvalue weighted by atomic mass is 9.92. The van der Waals surface area contributed by atoms with E-state index < -0.39 is 11.5 Å². The van der Waals surface area contributed by atoms with Gasteiger partial charge >= 0.3 is 0 Å². The molecule has 0 fully saturated rings. The average Bonchev–Trinajstić information content (AvgIpc) is 2.15. The molecule has 3 N–H and O–H groups in total. The minimum Gasteiger partial charge on any atom is -0.390 e. The second-order valence-corrected chi connectivity index (χ2v) is 4.04. The molecule has 1 rings (SSSR count). The van der Waals surface area contributed by atoms with Crippen LogP contribution in [0.5, 0.6) is 0 Å². The van der Waals surface area contributed by atoms with Crippen LogP contribution in [0.3, 0.4) is 0 Å². The number of aliphatic hydroxyl groups is 1. The molecular weight excluding hydrogens is 194 g/mol. The minimum atomic E-state index is -0.934. The topological polar surface area (TPSA) is 89.1 Å². The summed E-state index contributed by atoms with van der Waals surface area (Å²) in [5.41, 5.74) is 4.33. The summed E-state index contributed by atoms with van der Waals surface area (Å²) in [4.78, 5) is 18.9. The first-order valence-electron chi connectivity index (χ1n) is 4.67. The maximum absolute atomic E-state index is 10.9. The van der Waals surface area contributed by atoms with Gasteiger partial charge in [0.15, 0.2) is 0 Å². The zero-order chi connectivity index (χ0) is 11.6. The van der Waals surface area contributed by atoms with Crippen molar-refractivity contribution in [1.82, 2.24) is 9.97 Å². The second-order valence-electron chi connectivity index (χ2n) is 4.04. The van der Waals surface area contributed by atoms with E-state index in [1.807, 2.05) is 0 Å². The fourth-order valence-electron chi connectivity index (χ4n) is 1.04. The smallest absolute Gasteiger partial charge is 0.267 e. The van der Waals surface area contributed by atoms with E-state index in [4.69, 9.17) is 5.73 Å². The Kier molecular flexibility index (Phi) is 3.04. The number of nitrogens with zero attached hydrogens (tertiary/aromatic N) is 2. The molecule has 5 heteroatoms. The molecule has 0 saturated heterocycles. The molecule has 0 aliphatic heterocycles. The minimum absolute atomic E-state index is 0.163. The normalized spacial score (nSPS) is 13.6. The third-order valence-corrected chi connectivity index (χ3v) is 2.37. The van der Waals surface area contributed by atoms with Crippen LogP contribution < -0.4 is 5.73 Å². The summed E-state index contributed by atoms with van der Waals surface area (Å²) in [5.74, 6) is -0.447. The van der Waals surface area contributed by atoms with Crippen LogP contribution in [-0.2, 0) is 0 Å². The van der Waals surface area contributed by atoms with Crippen LogP contribution in [0, 0.1) is 0 Å². The van der Waals surface area contributed by atoms with Crippen molar-refractivity contribution >= 4 is 5.91 Å². The molecule has 0 saturated carbocycles. The third kappa shape index (κ3) is 2.73. The second kappa shape index (κ2) is 3.94. The molecule has 0 bridgehead atoms. The van der Waals surface area contributed by atoms with Crippen molar-refractivity contribution < 1.29 is 9.90 Å². The lowest BCUT2D eigenvalue weighted by Gasteiger charge is -2.24.